The number of benzene rings is 2. The molecule has 2 heterocycles. The Bertz CT molecular complexity index is 1210. The van der Waals surface area contributed by atoms with E-state index in [-0.39, 0.29) is 23.0 Å². The minimum atomic E-state index is -3.84. The van der Waals surface area contributed by atoms with Gasteiger partial charge in [-0.2, -0.15) is 4.31 Å². The number of H-pyrrole nitrogens is 1. The molecule has 9 heteroatoms. The van der Waals surface area contributed by atoms with Gasteiger partial charge in [-0.3, -0.25) is 0 Å². The second-order valence-corrected chi connectivity index (χ2v) is 8.84. The summed E-state index contributed by atoms with van der Waals surface area (Å²) in [5.74, 6) is -1.13. The highest BCUT2D eigenvalue weighted by molar-refractivity contribution is 7.89. The van der Waals surface area contributed by atoms with Crippen molar-refractivity contribution in [2.75, 3.05) is 13.7 Å². The molecular formula is C19H16ClFN2O4S. The molecule has 0 atom stereocenters. The van der Waals surface area contributed by atoms with E-state index in [1.165, 1.54) is 17.5 Å². The Morgan fingerprint density at radius 3 is 2.75 bits per heavy atom. The second-order valence-electron chi connectivity index (χ2n) is 6.50. The predicted molar refractivity (Wildman–Crippen MR) is 102 cm³/mol. The number of nitrogens with one attached hydrogen (secondary N) is 1. The number of carbonyl (C=O) groups excluding carboxylic acids is 1. The molecule has 0 spiro atoms. The zero-order valence-corrected chi connectivity index (χ0v) is 16.4. The Labute approximate surface area is 165 Å². The van der Waals surface area contributed by atoms with E-state index < -0.39 is 21.8 Å². The lowest BCUT2D eigenvalue weighted by molar-refractivity contribution is 0.0601. The Kier molecular flexibility index (Phi) is 4.65. The minimum Gasteiger partial charge on any atom is -0.465 e. The van der Waals surface area contributed by atoms with Crippen LogP contribution in [0.1, 0.15) is 21.6 Å². The van der Waals surface area contributed by atoms with Gasteiger partial charge in [0.25, 0.3) is 0 Å². The first-order chi connectivity index (χ1) is 13.3. The van der Waals surface area contributed by atoms with Gasteiger partial charge < -0.3 is 9.72 Å². The summed E-state index contributed by atoms with van der Waals surface area (Å²) in [6, 6.07) is 8.49. The first-order valence-electron chi connectivity index (χ1n) is 8.48. The highest BCUT2D eigenvalue weighted by Gasteiger charge is 2.31. The number of ether oxygens (including phenoxy) is 1. The molecule has 0 fully saturated rings. The standard InChI is InChI=1S/C19H16ClFN2O4S/c1-27-19(24)11-2-5-17-13(8-11)14-10-23(7-6-18(14)22-17)28(25,26)12-3-4-16(21)15(20)9-12/h2-5,8-9,22H,6-7,10H2,1H3. The van der Waals surface area contributed by atoms with E-state index in [2.05, 4.69) is 4.98 Å². The summed E-state index contributed by atoms with van der Waals surface area (Å²) in [4.78, 5) is 15.1. The normalized spacial score (nSPS) is 14.8. The Morgan fingerprint density at radius 1 is 1.25 bits per heavy atom. The van der Waals surface area contributed by atoms with Crippen LogP contribution in [0.5, 0.6) is 0 Å². The molecule has 1 aliphatic heterocycles. The number of methoxy groups -OCH3 is 1. The molecule has 3 aromatic rings. The van der Waals surface area contributed by atoms with Crippen LogP contribution in [0.2, 0.25) is 5.02 Å². The van der Waals surface area contributed by atoms with Crippen LogP contribution >= 0.6 is 11.6 Å². The third kappa shape index (κ3) is 3.07. The number of halogens is 2. The first-order valence-corrected chi connectivity index (χ1v) is 10.3. The van der Waals surface area contributed by atoms with Crippen LogP contribution in [-0.4, -0.2) is 37.3 Å². The number of sulfonamides is 1. The monoisotopic (exact) mass is 422 g/mol. The molecule has 4 rings (SSSR count). The van der Waals surface area contributed by atoms with Gasteiger partial charge in [0.2, 0.25) is 10.0 Å². The van der Waals surface area contributed by atoms with Gasteiger partial charge in [0.1, 0.15) is 5.82 Å². The van der Waals surface area contributed by atoms with Gasteiger partial charge in [0.05, 0.1) is 22.6 Å². The summed E-state index contributed by atoms with van der Waals surface area (Å²) < 4.78 is 45.5. The lowest BCUT2D eigenvalue weighted by Crippen LogP contribution is -2.35. The molecule has 0 aliphatic carbocycles. The zero-order valence-electron chi connectivity index (χ0n) is 14.8. The maximum absolute atomic E-state index is 13.4. The van der Waals surface area contributed by atoms with Crippen LogP contribution in [0.15, 0.2) is 41.3 Å². The third-order valence-electron chi connectivity index (χ3n) is 4.89. The van der Waals surface area contributed by atoms with Gasteiger partial charge in [-0.25, -0.2) is 17.6 Å². The van der Waals surface area contributed by atoms with E-state index in [9.17, 15) is 17.6 Å². The molecule has 6 nitrogen and oxygen atoms in total. The SMILES string of the molecule is COC(=O)c1ccc2[nH]c3c(c2c1)CN(S(=O)(=O)c1ccc(F)c(Cl)c1)CC3. The maximum Gasteiger partial charge on any atom is 0.337 e. The summed E-state index contributed by atoms with van der Waals surface area (Å²) in [6.07, 6.45) is 0.492. The molecule has 0 unspecified atom stereocenters. The molecule has 146 valence electrons. The summed E-state index contributed by atoms with van der Waals surface area (Å²) >= 11 is 5.75. The molecule has 0 amide bonds. The molecule has 1 aliphatic rings. The highest BCUT2D eigenvalue weighted by atomic mass is 35.5. The lowest BCUT2D eigenvalue weighted by atomic mass is 10.0. The third-order valence-corrected chi connectivity index (χ3v) is 7.02. The number of fused-ring (bicyclic) bond motifs is 3. The predicted octanol–water partition coefficient (Wildman–Crippen LogP) is 3.49. The van der Waals surface area contributed by atoms with E-state index in [1.54, 1.807) is 18.2 Å². The zero-order chi connectivity index (χ0) is 20.1. The minimum absolute atomic E-state index is 0.0579. The van der Waals surface area contributed by atoms with Gasteiger partial charge in [-0.1, -0.05) is 11.6 Å². The Morgan fingerprint density at radius 2 is 2.04 bits per heavy atom. The van der Waals surface area contributed by atoms with Crippen molar-refractivity contribution in [3.63, 3.8) is 0 Å². The molecule has 0 bridgehead atoms. The van der Waals surface area contributed by atoms with Crippen molar-refractivity contribution in [3.05, 3.63) is 64.1 Å². The van der Waals surface area contributed by atoms with Crippen molar-refractivity contribution in [2.24, 2.45) is 0 Å². The maximum atomic E-state index is 13.4. The average molecular weight is 423 g/mol. The topological polar surface area (TPSA) is 79.5 Å². The molecule has 1 aromatic heterocycles. The number of aromatic amines is 1. The highest BCUT2D eigenvalue weighted by Crippen LogP contribution is 2.32. The van der Waals surface area contributed by atoms with Gasteiger partial charge in [-0.05, 0) is 42.0 Å². The molecule has 0 saturated carbocycles. The number of esters is 1. The van der Waals surface area contributed by atoms with Crippen LogP contribution < -0.4 is 0 Å². The Balaban J connectivity index is 1.74. The molecule has 0 saturated heterocycles. The fraction of sp³-hybridized carbons (Fsp3) is 0.211. The average Bonchev–Trinajstić information content (AvgIpc) is 3.06. The van der Waals surface area contributed by atoms with E-state index in [4.69, 9.17) is 16.3 Å². The number of nitrogens with zero attached hydrogens (tertiary/aromatic N) is 1. The molecular weight excluding hydrogens is 407 g/mol. The van der Waals surface area contributed by atoms with Crippen molar-refractivity contribution in [1.29, 1.82) is 0 Å². The van der Waals surface area contributed by atoms with E-state index >= 15 is 0 Å². The smallest absolute Gasteiger partial charge is 0.337 e. The van der Waals surface area contributed by atoms with E-state index in [0.29, 0.717) is 12.0 Å². The van der Waals surface area contributed by atoms with Crippen molar-refractivity contribution < 1.29 is 22.3 Å². The summed E-state index contributed by atoms with van der Waals surface area (Å²) in [7, 11) is -2.54. The van der Waals surface area contributed by atoms with Crippen molar-refractivity contribution in [1.82, 2.24) is 9.29 Å². The fourth-order valence-corrected chi connectivity index (χ4v) is 5.11. The molecule has 1 N–H and O–H groups in total. The van der Waals surface area contributed by atoms with Gasteiger partial charge in [-0.15, -0.1) is 0 Å². The molecule has 2 aromatic carbocycles. The van der Waals surface area contributed by atoms with Crippen molar-refractivity contribution >= 4 is 38.5 Å². The second kappa shape index (κ2) is 6.88. The van der Waals surface area contributed by atoms with E-state index in [0.717, 1.165) is 34.3 Å². The number of hydrogen-bond acceptors (Lipinski definition) is 4. The Hall–Kier alpha value is -2.42. The van der Waals surface area contributed by atoms with Crippen LogP contribution in [0.3, 0.4) is 0 Å². The number of aromatic nitrogens is 1. The van der Waals surface area contributed by atoms with E-state index in [1.807, 2.05) is 0 Å². The van der Waals surface area contributed by atoms with Gasteiger partial charge >= 0.3 is 5.97 Å². The number of carbonyl (C=O) groups is 1. The fourth-order valence-electron chi connectivity index (χ4n) is 3.43. The van der Waals surface area contributed by atoms with Gasteiger partial charge in [0.15, 0.2) is 0 Å². The number of hydrogen-bond donors (Lipinski definition) is 1. The first kappa shape index (κ1) is 18.9. The van der Waals surface area contributed by atoms with Crippen LogP contribution in [0.25, 0.3) is 10.9 Å². The number of rotatable bonds is 3. The van der Waals surface area contributed by atoms with Crippen molar-refractivity contribution in [3.8, 4) is 0 Å². The van der Waals surface area contributed by atoms with Crippen LogP contribution in [0, 0.1) is 5.82 Å². The lowest BCUT2D eigenvalue weighted by Gasteiger charge is -2.26. The quantitative estimate of drug-likeness (QED) is 0.655. The molecule has 0 radical (unpaired) electrons. The largest absolute Gasteiger partial charge is 0.465 e. The van der Waals surface area contributed by atoms with Gasteiger partial charge in [0, 0.05) is 36.1 Å². The molecule has 28 heavy (non-hydrogen) atoms. The summed E-state index contributed by atoms with van der Waals surface area (Å²) in [5.41, 5.74) is 2.95. The van der Waals surface area contributed by atoms with Crippen LogP contribution in [-0.2, 0) is 27.7 Å². The summed E-state index contributed by atoms with van der Waals surface area (Å²) in [6.45, 7) is 0.415. The summed E-state index contributed by atoms with van der Waals surface area (Å²) in [5, 5.41) is 0.531. The van der Waals surface area contributed by atoms with Crippen molar-refractivity contribution in [2.45, 2.75) is 17.9 Å². The van der Waals surface area contributed by atoms with Crippen LogP contribution in [0.4, 0.5) is 4.39 Å².